The number of hydrogen-bond donors (Lipinski definition) is 2. The zero-order valence-corrected chi connectivity index (χ0v) is 12.2. The van der Waals surface area contributed by atoms with Crippen molar-refractivity contribution in [3.63, 3.8) is 0 Å². The van der Waals surface area contributed by atoms with Crippen molar-refractivity contribution >= 4 is 11.3 Å². The van der Waals surface area contributed by atoms with E-state index in [1.54, 1.807) is 0 Å². The number of aliphatic hydroxyl groups excluding tert-OH is 1. The number of aliphatic hydroxyl groups is 1. The molecular formula is C15H22N2OS. The number of fused-ring (bicyclic) bond motifs is 1. The molecule has 0 radical (unpaired) electrons. The maximum atomic E-state index is 9.20. The van der Waals surface area contributed by atoms with Gasteiger partial charge in [0.1, 0.15) is 0 Å². The predicted octanol–water partition coefficient (Wildman–Crippen LogP) is 2.61. The minimum absolute atomic E-state index is 0.269. The van der Waals surface area contributed by atoms with Crippen molar-refractivity contribution in [2.75, 3.05) is 6.61 Å². The van der Waals surface area contributed by atoms with Gasteiger partial charge in [-0.05, 0) is 32.1 Å². The summed E-state index contributed by atoms with van der Waals surface area (Å²) < 4.78 is 0. The summed E-state index contributed by atoms with van der Waals surface area (Å²) in [5.74, 6) is 0.341. The average Bonchev–Trinajstić information content (AvgIpc) is 3.05. The quantitative estimate of drug-likeness (QED) is 0.832. The molecule has 1 aromatic rings. The van der Waals surface area contributed by atoms with E-state index < -0.39 is 0 Å². The van der Waals surface area contributed by atoms with Crippen LogP contribution in [0.5, 0.6) is 0 Å². The maximum absolute atomic E-state index is 9.20. The van der Waals surface area contributed by atoms with Gasteiger partial charge in [0.2, 0.25) is 0 Å². The summed E-state index contributed by atoms with van der Waals surface area (Å²) in [6.07, 6.45) is 10.0. The standard InChI is InChI=1S/C15H22N2OS/c1-2-14-17-13-5-3-4-12(15(13)19-14)16-11-7-6-10(8-11)9-18/h6-7,10-12,16,18H,2-5,8-9H2,1H3/t10-,11+,12+/m0/s1. The van der Waals surface area contributed by atoms with Crippen LogP contribution in [0.4, 0.5) is 0 Å². The zero-order valence-electron chi connectivity index (χ0n) is 11.4. The lowest BCUT2D eigenvalue weighted by atomic mass is 9.97. The highest BCUT2D eigenvalue weighted by molar-refractivity contribution is 7.11. The molecule has 0 aromatic carbocycles. The van der Waals surface area contributed by atoms with E-state index in [1.165, 1.54) is 28.4 Å². The molecule has 104 valence electrons. The molecule has 0 spiro atoms. The molecule has 1 aromatic heterocycles. The molecule has 2 aliphatic carbocycles. The van der Waals surface area contributed by atoms with Gasteiger partial charge < -0.3 is 10.4 Å². The fourth-order valence-corrected chi connectivity index (χ4v) is 4.22. The van der Waals surface area contributed by atoms with Crippen molar-refractivity contribution in [3.8, 4) is 0 Å². The van der Waals surface area contributed by atoms with Gasteiger partial charge in [-0.1, -0.05) is 19.1 Å². The van der Waals surface area contributed by atoms with Crippen LogP contribution in [0.1, 0.15) is 47.8 Å². The first kappa shape index (κ1) is 13.3. The largest absolute Gasteiger partial charge is 0.396 e. The zero-order chi connectivity index (χ0) is 13.2. The van der Waals surface area contributed by atoms with Crippen LogP contribution in [0.25, 0.3) is 0 Å². The van der Waals surface area contributed by atoms with Gasteiger partial charge in [0.05, 0.1) is 10.7 Å². The van der Waals surface area contributed by atoms with Crippen LogP contribution in [0.15, 0.2) is 12.2 Å². The Morgan fingerprint density at radius 1 is 1.47 bits per heavy atom. The summed E-state index contributed by atoms with van der Waals surface area (Å²) in [6.45, 7) is 2.45. The molecule has 19 heavy (non-hydrogen) atoms. The van der Waals surface area contributed by atoms with Crippen LogP contribution in [0.3, 0.4) is 0 Å². The van der Waals surface area contributed by atoms with Gasteiger partial charge in [-0.15, -0.1) is 11.3 Å². The molecule has 1 heterocycles. The third-order valence-corrected chi connectivity index (χ3v) is 5.47. The summed E-state index contributed by atoms with van der Waals surface area (Å²) in [5, 5.41) is 14.2. The van der Waals surface area contributed by atoms with E-state index >= 15 is 0 Å². The Hall–Kier alpha value is -0.710. The number of hydrogen-bond acceptors (Lipinski definition) is 4. The molecule has 0 unspecified atom stereocenters. The van der Waals surface area contributed by atoms with E-state index in [1.807, 2.05) is 11.3 Å². The van der Waals surface area contributed by atoms with Gasteiger partial charge in [0, 0.05) is 29.5 Å². The number of aromatic nitrogens is 1. The van der Waals surface area contributed by atoms with Crippen LogP contribution < -0.4 is 5.32 Å². The first-order valence-corrected chi connectivity index (χ1v) is 8.15. The van der Waals surface area contributed by atoms with Gasteiger partial charge in [-0.2, -0.15) is 0 Å². The second-order valence-corrected chi connectivity index (χ2v) is 6.67. The highest BCUT2D eigenvalue weighted by atomic mass is 32.1. The molecule has 4 heteroatoms. The molecule has 0 aliphatic heterocycles. The van der Waals surface area contributed by atoms with Crippen LogP contribution in [0, 0.1) is 5.92 Å². The normalized spacial score (nSPS) is 29.7. The minimum Gasteiger partial charge on any atom is -0.396 e. The number of nitrogens with one attached hydrogen (secondary N) is 1. The van der Waals surface area contributed by atoms with Crippen molar-refractivity contribution < 1.29 is 5.11 Å². The summed E-state index contributed by atoms with van der Waals surface area (Å²) in [6, 6.07) is 0.883. The van der Waals surface area contributed by atoms with Crippen molar-refractivity contribution in [3.05, 3.63) is 27.7 Å². The summed E-state index contributed by atoms with van der Waals surface area (Å²) in [7, 11) is 0. The SMILES string of the molecule is CCc1nc2c(s1)[C@H](N[C@@H]1C=C[C@H](CO)C1)CCC2. The molecule has 0 saturated heterocycles. The van der Waals surface area contributed by atoms with Crippen LogP contribution in [-0.2, 0) is 12.8 Å². The molecule has 0 saturated carbocycles. The second kappa shape index (κ2) is 5.73. The smallest absolute Gasteiger partial charge is 0.0928 e. The highest BCUT2D eigenvalue weighted by Gasteiger charge is 2.27. The molecule has 0 fully saturated rings. The van der Waals surface area contributed by atoms with E-state index in [2.05, 4.69) is 24.4 Å². The van der Waals surface area contributed by atoms with Crippen molar-refractivity contribution in [2.45, 2.75) is 51.1 Å². The Labute approximate surface area is 118 Å². The van der Waals surface area contributed by atoms with Crippen LogP contribution in [0.2, 0.25) is 0 Å². The Bertz CT molecular complexity index is 469. The number of thiazole rings is 1. The topological polar surface area (TPSA) is 45.2 Å². The Morgan fingerprint density at radius 3 is 3.11 bits per heavy atom. The lowest BCUT2D eigenvalue weighted by Crippen LogP contribution is -2.32. The van der Waals surface area contributed by atoms with E-state index in [4.69, 9.17) is 4.98 Å². The van der Waals surface area contributed by atoms with Gasteiger partial charge >= 0.3 is 0 Å². The van der Waals surface area contributed by atoms with Gasteiger partial charge in [-0.25, -0.2) is 4.98 Å². The lowest BCUT2D eigenvalue weighted by molar-refractivity contribution is 0.244. The molecule has 2 aliphatic rings. The van der Waals surface area contributed by atoms with E-state index in [0.29, 0.717) is 18.0 Å². The Balaban J connectivity index is 1.70. The lowest BCUT2D eigenvalue weighted by Gasteiger charge is -2.25. The predicted molar refractivity (Wildman–Crippen MR) is 78.4 cm³/mol. The maximum Gasteiger partial charge on any atom is 0.0928 e. The van der Waals surface area contributed by atoms with Crippen molar-refractivity contribution in [2.24, 2.45) is 5.92 Å². The fraction of sp³-hybridized carbons (Fsp3) is 0.667. The summed E-state index contributed by atoms with van der Waals surface area (Å²) >= 11 is 1.89. The minimum atomic E-state index is 0.269. The van der Waals surface area contributed by atoms with Crippen molar-refractivity contribution in [1.82, 2.24) is 10.3 Å². The van der Waals surface area contributed by atoms with Gasteiger partial charge in [0.15, 0.2) is 0 Å². The summed E-state index contributed by atoms with van der Waals surface area (Å²) in [4.78, 5) is 6.21. The molecule has 2 N–H and O–H groups in total. The Morgan fingerprint density at radius 2 is 2.37 bits per heavy atom. The molecular weight excluding hydrogens is 256 g/mol. The number of nitrogens with zero attached hydrogens (tertiary/aromatic N) is 1. The van der Waals surface area contributed by atoms with Crippen LogP contribution >= 0.6 is 11.3 Å². The first-order chi connectivity index (χ1) is 9.30. The summed E-state index contributed by atoms with van der Waals surface area (Å²) in [5.41, 5.74) is 1.33. The van der Waals surface area contributed by atoms with E-state index in [-0.39, 0.29) is 6.61 Å². The Kier molecular flexibility index (Phi) is 4.01. The third-order valence-electron chi connectivity index (χ3n) is 4.12. The van der Waals surface area contributed by atoms with Crippen LogP contribution in [-0.4, -0.2) is 22.7 Å². The van der Waals surface area contributed by atoms with Gasteiger partial charge in [0.25, 0.3) is 0 Å². The fourth-order valence-electron chi connectivity index (χ4n) is 3.07. The highest BCUT2D eigenvalue weighted by Crippen LogP contribution is 2.35. The van der Waals surface area contributed by atoms with E-state index in [0.717, 1.165) is 19.3 Å². The number of rotatable bonds is 4. The second-order valence-electron chi connectivity index (χ2n) is 5.55. The molecule has 3 atom stereocenters. The monoisotopic (exact) mass is 278 g/mol. The van der Waals surface area contributed by atoms with E-state index in [9.17, 15) is 5.11 Å². The molecule has 3 nitrogen and oxygen atoms in total. The third kappa shape index (κ3) is 2.76. The molecule has 0 bridgehead atoms. The number of aryl methyl sites for hydroxylation is 2. The first-order valence-electron chi connectivity index (χ1n) is 7.33. The molecule has 3 rings (SSSR count). The average molecular weight is 278 g/mol. The molecule has 0 amide bonds. The van der Waals surface area contributed by atoms with Crippen molar-refractivity contribution in [1.29, 1.82) is 0 Å². The van der Waals surface area contributed by atoms with Gasteiger partial charge in [-0.3, -0.25) is 0 Å².